The Kier molecular flexibility index (Phi) is 4.52. The molecule has 0 aliphatic heterocycles. The van der Waals surface area contributed by atoms with E-state index in [9.17, 15) is 14.4 Å². The van der Waals surface area contributed by atoms with Crippen LogP contribution in [0, 0.1) is 11.8 Å². The molecule has 0 spiro atoms. The average molecular weight is 287 g/mol. The summed E-state index contributed by atoms with van der Waals surface area (Å²) >= 11 is 0. The highest BCUT2D eigenvalue weighted by atomic mass is 16.4. The summed E-state index contributed by atoms with van der Waals surface area (Å²) in [5, 5.41) is 11.9. The van der Waals surface area contributed by atoms with Gasteiger partial charge in [-0.3, -0.25) is 14.4 Å². The van der Waals surface area contributed by atoms with Crippen molar-refractivity contribution in [3.05, 3.63) is 42.0 Å². The molecule has 110 valence electrons. The number of carbonyl (C=O) groups excluding carboxylic acids is 2. The number of aliphatic carboxylic acids is 1. The Bertz CT molecular complexity index is 589. The van der Waals surface area contributed by atoms with Gasteiger partial charge in [-0.2, -0.15) is 0 Å². The van der Waals surface area contributed by atoms with Gasteiger partial charge in [0, 0.05) is 11.3 Å². The number of hydrogen-bond acceptors (Lipinski definition) is 3. The third-order valence-electron chi connectivity index (χ3n) is 3.65. The first-order chi connectivity index (χ1) is 9.99. The molecular weight excluding hydrogens is 270 g/mol. The minimum atomic E-state index is -0.952. The Labute approximate surface area is 122 Å². The molecule has 0 saturated heterocycles. The number of ketones is 1. The van der Waals surface area contributed by atoms with Crippen molar-refractivity contribution in [2.24, 2.45) is 11.8 Å². The highest BCUT2D eigenvalue weighted by Crippen LogP contribution is 2.27. The SMILES string of the molecule is CC(=O)c1ccc(NC(=O)[C@H]2CC=CC[C@H]2C(=O)O)cc1. The van der Waals surface area contributed by atoms with Gasteiger partial charge in [0.25, 0.3) is 0 Å². The topological polar surface area (TPSA) is 83.5 Å². The van der Waals surface area contributed by atoms with Gasteiger partial charge in [0.1, 0.15) is 0 Å². The normalized spacial score (nSPS) is 20.8. The van der Waals surface area contributed by atoms with Gasteiger partial charge >= 0.3 is 5.97 Å². The van der Waals surface area contributed by atoms with E-state index in [-0.39, 0.29) is 11.7 Å². The summed E-state index contributed by atoms with van der Waals surface area (Å²) in [5.41, 5.74) is 1.13. The Morgan fingerprint density at radius 1 is 1.05 bits per heavy atom. The number of nitrogens with one attached hydrogen (secondary N) is 1. The Morgan fingerprint density at radius 3 is 2.14 bits per heavy atom. The quantitative estimate of drug-likeness (QED) is 0.658. The first-order valence-electron chi connectivity index (χ1n) is 6.78. The Morgan fingerprint density at radius 2 is 1.62 bits per heavy atom. The fourth-order valence-electron chi connectivity index (χ4n) is 2.40. The van der Waals surface area contributed by atoms with Gasteiger partial charge < -0.3 is 10.4 Å². The average Bonchev–Trinajstić information content (AvgIpc) is 2.47. The summed E-state index contributed by atoms with van der Waals surface area (Å²) in [7, 11) is 0. The molecule has 0 unspecified atom stereocenters. The van der Waals surface area contributed by atoms with Crippen LogP contribution in [0.15, 0.2) is 36.4 Å². The summed E-state index contributed by atoms with van der Waals surface area (Å²) in [4.78, 5) is 34.6. The fourth-order valence-corrected chi connectivity index (χ4v) is 2.40. The third kappa shape index (κ3) is 3.56. The molecule has 0 fully saturated rings. The molecule has 0 aromatic heterocycles. The predicted octanol–water partition coefficient (Wildman–Crippen LogP) is 2.49. The van der Waals surface area contributed by atoms with Crippen molar-refractivity contribution in [1.29, 1.82) is 0 Å². The molecule has 1 amide bonds. The first-order valence-corrected chi connectivity index (χ1v) is 6.78. The van der Waals surface area contributed by atoms with Crippen LogP contribution in [0.25, 0.3) is 0 Å². The van der Waals surface area contributed by atoms with Crippen LogP contribution in [-0.4, -0.2) is 22.8 Å². The minimum absolute atomic E-state index is 0.0452. The summed E-state index contributed by atoms with van der Waals surface area (Å²) < 4.78 is 0. The van der Waals surface area contributed by atoms with E-state index in [1.54, 1.807) is 30.3 Å². The Balaban J connectivity index is 2.08. The van der Waals surface area contributed by atoms with Crippen molar-refractivity contribution in [3.63, 3.8) is 0 Å². The monoisotopic (exact) mass is 287 g/mol. The number of Topliss-reactive ketones (excluding diaryl/α,β-unsaturated/α-hetero) is 1. The van der Waals surface area contributed by atoms with Gasteiger partial charge in [0.2, 0.25) is 5.91 Å². The number of carboxylic acid groups (broad SMARTS) is 1. The van der Waals surface area contributed by atoms with Crippen LogP contribution >= 0.6 is 0 Å². The fraction of sp³-hybridized carbons (Fsp3) is 0.312. The molecule has 21 heavy (non-hydrogen) atoms. The molecule has 2 atom stereocenters. The highest BCUT2D eigenvalue weighted by molar-refractivity contribution is 5.97. The highest BCUT2D eigenvalue weighted by Gasteiger charge is 2.33. The molecule has 0 heterocycles. The number of hydrogen-bond donors (Lipinski definition) is 2. The molecule has 1 aromatic carbocycles. The largest absolute Gasteiger partial charge is 0.481 e. The summed E-state index contributed by atoms with van der Waals surface area (Å²) in [6.45, 7) is 1.47. The summed E-state index contributed by atoms with van der Waals surface area (Å²) in [6, 6.07) is 6.55. The van der Waals surface area contributed by atoms with E-state index in [1.165, 1.54) is 6.92 Å². The van der Waals surface area contributed by atoms with Crippen molar-refractivity contribution in [2.45, 2.75) is 19.8 Å². The molecule has 2 N–H and O–H groups in total. The smallest absolute Gasteiger partial charge is 0.307 e. The van der Waals surface area contributed by atoms with Gasteiger partial charge in [-0.15, -0.1) is 0 Å². The predicted molar refractivity (Wildman–Crippen MR) is 78.1 cm³/mol. The molecule has 0 bridgehead atoms. The second-order valence-electron chi connectivity index (χ2n) is 5.12. The summed E-state index contributed by atoms with van der Waals surface area (Å²) in [5.74, 6) is -2.56. The van der Waals surface area contributed by atoms with E-state index in [0.717, 1.165) is 0 Å². The van der Waals surface area contributed by atoms with Gasteiger partial charge in [0.15, 0.2) is 5.78 Å². The van der Waals surface area contributed by atoms with Crippen molar-refractivity contribution in [3.8, 4) is 0 Å². The first kappa shape index (κ1) is 15.0. The van der Waals surface area contributed by atoms with Crippen LogP contribution < -0.4 is 5.32 Å². The van der Waals surface area contributed by atoms with Crippen LogP contribution in [-0.2, 0) is 9.59 Å². The van der Waals surface area contributed by atoms with Gasteiger partial charge in [0.05, 0.1) is 11.8 Å². The number of benzene rings is 1. The minimum Gasteiger partial charge on any atom is -0.481 e. The molecule has 2 rings (SSSR count). The zero-order valence-electron chi connectivity index (χ0n) is 11.7. The number of amides is 1. The second kappa shape index (κ2) is 6.35. The van der Waals surface area contributed by atoms with Crippen molar-refractivity contribution < 1.29 is 19.5 Å². The standard InChI is InChI=1S/C16H17NO4/c1-10(18)11-6-8-12(9-7-11)17-15(19)13-4-2-3-5-14(13)16(20)21/h2-3,6-9,13-14H,4-5H2,1H3,(H,17,19)(H,20,21)/t13-,14+/m0/s1. The van der Waals surface area contributed by atoms with Crippen LogP contribution in [0.4, 0.5) is 5.69 Å². The van der Waals surface area contributed by atoms with Crippen molar-refractivity contribution >= 4 is 23.3 Å². The van der Waals surface area contributed by atoms with E-state index >= 15 is 0 Å². The third-order valence-corrected chi connectivity index (χ3v) is 3.65. The van der Waals surface area contributed by atoms with Crippen molar-refractivity contribution in [1.82, 2.24) is 0 Å². The molecular formula is C16H17NO4. The number of allylic oxidation sites excluding steroid dienone is 2. The van der Waals surface area contributed by atoms with Crippen LogP contribution in [0.2, 0.25) is 0 Å². The van der Waals surface area contributed by atoms with Gasteiger partial charge in [-0.05, 0) is 44.0 Å². The van der Waals surface area contributed by atoms with Gasteiger partial charge in [-0.1, -0.05) is 12.2 Å². The lowest BCUT2D eigenvalue weighted by molar-refractivity contribution is -0.146. The van der Waals surface area contributed by atoms with E-state index in [1.807, 2.05) is 6.08 Å². The number of rotatable bonds is 4. The maximum absolute atomic E-state index is 12.2. The maximum atomic E-state index is 12.2. The maximum Gasteiger partial charge on any atom is 0.307 e. The molecule has 0 saturated carbocycles. The molecule has 0 radical (unpaired) electrons. The van der Waals surface area contributed by atoms with E-state index in [4.69, 9.17) is 5.11 Å². The molecule has 1 aromatic rings. The lowest BCUT2D eigenvalue weighted by atomic mass is 9.82. The molecule has 1 aliphatic rings. The number of carbonyl (C=O) groups is 3. The summed E-state index contributed by atoms with van der Waals surface area (Å²) in [6.07, 6.45) is 4.43. The number of carboxylic acids is 1. The lowest BCUT2D eigenvalue weighted by Gasteiger charge is -2.24. The lowest BCUT2D eigenvalue weighted by Crippen LogP contribution is -2.34. The second-order valence-corrected chi connectivity index (χ2v) is 5.12. The molecule has 1 aliphatic carbocycles. The van der Waals surface area contributed by atoms with Crippen LogP contribution in [0.5, 0.6) is 0 Å². The zero-order valence-corrected chi connectivity index (χ0v) is 11.7. The molecule has 5 nitrogen and oxygen atoms in total. The van der Waals surface area contributed by atoms with E-state index in [0.29, 0.717) is 24.1 Å². The number of anilines is 1. The van der Waals surface area contributed by atoms with Crippen molar-refractivity contribution in [2.75, 3.05) is 5.32 Å². The van der Waals surface area contributed by atoms with Crippen LogP contribution in [0.3, 0.4) is 0 Å². The van der Waals surface area contributed by atoms with Crippen LogP contribution in [0.1, 0.15) is 30.1 Å². The zero-order chi connectivity index (χ0) is 15.4. The van der Waals surface area contributed by atoms with Gasteiger partial charge in [-0.25, -0.2) is 0 Å². The van der Waals surface area contributed by atoms with E-state index in [2.05, 4.69) is 5.32 Å². The molecule has 5 heteroatoms. The Hall–Kier alpha value is -2.43. The van der Waals surface area contributed by atoms with E-state index < -0.39 is 17.8 Å².